The van der Waals surface area contributed by atoms with E-state index in [1.165, 1.54) is 16.1 Å². The number of guanidine groups is 1. The van der Waals surface area contributed by atoms with E-state index in [2.05, 4.69) is 61.9 Å². The Morgan fingerprint density at radius 3 is 2.40 bits per heavy atom. The Bertz CT molecular complexity index is 753. The first-order valence-corrected chi connectivity index (χ1v) is 9.33. The third kappa shape index (κ3) is 4.60. The van der Waals surface area contributed by atoms with Crippen LogP contribution >= 0.6 is 11.3 Å². The fourth-order valence-corrected chi connectivity index (χ4v) is 3.70. The van der Waals surface area contributed by atoms with Crippen molar-refractivity contribution in [3.05, 3.63) is 57.6 Å². The van der Waals surface area contributed by atoms with Gasteiger partial charge in [-0.3, -0.25) is 4.99 Å². The number of hydrogen-bond acceptors (Lipinski definition) is 4. The molecule has 0 radical (unpaired) electrons. The summed E-state index contributed by atoms with van der Waals surface area (Å²) in [6, 6.07) is 8.71. The smallest absolute Gasteiger partial charge is 0.191 e. The first kappa shape index (κ1) is 17.5. The molecule has 0 aliphatic carbocycles. The molecule has 1 aromatic heterocycles. The van der Waals surface area contributed by atoms with Crippen molar-refractivity contribution in [3.63, 3.8) is 0 Å². The van der Waals surface area contributed by atoms with Crippen LogP contribution in [0.3, 0.4) is 0 Å². The van der Waals surface area contributed by atoms with Gasteiger partial charge in [0.2, 0.25) is 0 Å². The maximum atomic E-state index is 4.46. The number of nitrogens with one attached hydrogen (secondary N) is 2. The first-order chi connectivity index (χ1) is 12.2. The minimum atomic E-state index is 0.748. The summed E-state index contributed by atoms with van der Waals surface area (Å²) in [6.07, 6.45) is 4.41. The van der Waals surface area contributed by atoms with Gasteiger partial charge in [-0.05, 0) is 31.5 Å². The second-order valence-corrected chi connectivity index (χ2v) is 7.35. The molecule has 0 unspecified atom stereocenters. The molecular weight excluding hydrogens is 330 g/mol. The summed E-state index contributed by atoms with van der Waals surface area (Å²) in [7, 11) is 1.80. The molecular formula is C19H25N5S. The van der Waals surface area contributed by atoms with Gasteiger partial charge in [0.15, 0.2) is 5.96 Å². The monoisotopic (exact) mass is 355 g/mol. The van der Waals surface area contributed by atoms with Crippen molar-refractivity contribution in [3.8, 4) is 0 Å². The molecule has 2 N–H and O–H groups in total. The van der Waals surface area contributed by atoms with E-state index in [4.69, 9.17) is 0 Å². The molecule has 3 rings (SSSR count). The van der Waals surface area contributed by atoms with Gasteiger partial charge in [0.1, 0.15) is 0 Å². The van der Waals surface area contributed by atoms with E-state index in [1.807, 2.05) is 13.8 Å². The predicted octanol–water partition coefficient (Wildman–Crippen LogP) is 3.00. The molecule has 25 heavy (non-hydrogen) atoms. The minimum Gasteiger partial charge on any atom is -0.364 e. The molecule has 1 aliphatic heterocycles. The highest BCUT2D eigenvalue weighted by Crippen LogP contribution is 2.18. The van der Waals surface area contributed by atoms with Crippen molar-refractivity contribution in [2.24, 2.45) is 4.99 Å². The summed E-state index contributed by atoms with van der Waals surface area (Å²) in [5.41, 5.74) is 3.61. The summed E-state index contributed by atoms with van der Waals surface area (Å²) in [4.78, 5) is 12.4. The minimum absolute atomic E-state index is 0.748. The van der Waals surface area contributed by atoms with Crippen LogP contribution in [0.1, 0.15) is 21.1 Å². The standard InChI is InChI=1S/C19H25N5S/c1-14-18(25-15(2)23-14)13-22-19(20-3)21-12-16-6-8-17(9-7-16)24-10-4-5-11-24/h4-9H,10-13H2,1-3H3,(H2,20,21,22). The van der Waals surface area contributed by atoms with Crippen LogP contribution in [0, 0.1) is 13.8 Å². The van der Waals surface area contributed by atoms with Crippen molar-refractivity contribution in [1.29, 1.82) is 0 Å². The average molecular weight is 356 g/mol. The summed E-state index contributed by atoms with van der Waals surface area (Å²) in [6.45, 7) is 7.59. The Morgan fingerprint density at radius 1 is 1.12 bits per heavy atom. The van der Waals surface area contributed by atoms with Crippen LogP contribution in [0.5, 0.6) is 0 Å². The van der Waals surface area contributed by atoms with Crippen molar-refractivity contribution in [1.82, 2.24) is 15.6 Å². The molecule has 0 amide bonds. The SMILES string of the molecule is CN=C(NCc1ccc(N2CC=CC2)cc1)NCc1sc(C)nc1C. The third-order valence-electron chi connectivity index (χ3n) is 4.22. The lowest BCUT2D eigenvalue weighted by atomic mass is 10.2. The quantitative estimate of drug-likeness (QED) is 0.492. The number of aryl methyl sites for hydroxylation is 2. The molecule has 0 bridgehead atoms. The molecule has 0 spiro atoms. The van der Waals surface area contributed by atoms with Crippen molar-refractivity contribution >= 4 is 23.0 Å². The molecule has 132 valence electrons. The number of aromatic nitrogens is 1. The lowest BCUT2D eigenvalue weighted by molar-refractivity contribution is 0.811. The van der Waals surface area contributed by atoms with E-state index in [9.17, 15) is 0 Å². The predicted molar refractivity (Wildman–Crippen MR) is 106 cm³/mol. The Balaban J connectivity index is 1.50. The van der Waals surface area contributed by atoms with Crippen LogP contribution in [-0.4, -0.2) is 31.1 Å². The van der Waals surface area contributed by atoms with Gasteiger partial charge in [0.05, 0.1) is 17.2 Å². The molecule has 2 heterocycles. The maximum Gasteiger partial charge on any atom is 0.191 e. The van der Waals surface area contributed by atoms with Crippen LogP contribution in [0.15, 0.2) is 41.4 Å². The zero-order valence-electron chi connectivity index (χ0n) is 15.0. The van der Waals surface area contributed by atoms with E-state index in [1.54, 1.807) is 18.4 Å². The van der Waals surface area contributed by atoms with Crippen molar-refractivity contribution < 1.29 is 0 Å². The highest BCUT2D eigenvalue weighted by atomic mass is 32.1. The Morgan fingerprint density at radius 2 is 1.80 bits per heavy atom. The van der Waals surface area contributed by atoms with Gasteiger partial charge in [-0.15, -0.1) is 11.3 Å². The molecule has 0 saturated carbocycles. The van der Waals surface area contributed by atoms with Gasteiger partial charge >= 0.3 is 0 Å². The number of aliphatic imine (C=N–C) groups is 1. The third-order valence-corrected chi connectivity index (χ3v) is 5.29. The fourth-order valence-electron chi connectivity index (χ4n) is 2.82. The molecule has 0 saturated heterocycles. The van der Waals surface area contributed by atoms with Crippen LogP contribution < -0.4 is 15.5 Å². The Hall–Kier alpha value is -2.34. The summed E-state index contributed by atoms with van der Waals surface area (Å²) < 4.78 is 0. The number of benzene rings is 1. The number of thiazole rings is 1. The van der Waals surface area contributed by atoms with E-state index in [0.717, 1.165) is 42.8 Å². The number of anilines is 1. The lowest BCUT2D eigenvalue weighted by Gasteiger charge is -2.18. The first-order valence-electron chi connectivity index (χ1n) is 8.52. The van der Waals surface area contributed by atoms with Crippen molar-refractivity contribution in [2.45, 2.75) is 26.9 Å². The lowest BCUT2D eigenvalue weighted by Crippen LogP contribution is -2.36. The van der Waals surface area contributed by atoms with Gasteiger partial charge < -0.3 is 15.5 Å². The molecule has 1 aliphatic rings. The Kier molecular flexibility index (Phi) is 5.71. The average Bonchev–Trinajstić information content (AvgIpc) is 3.25. The molecule has 0 atom stereocenters. The summed E-state index contributed by atoms with van der Waals surface area (Å²) in [5, 5.41) is 7.83. The molecule has 2 aromatic rings. The second kappa shape index (κ2) is 8.16. The van der Waals surface area contributed by atoms with Crippen molar-refractivity contribution in [2.75, 3.05) is 25.0 Å². The number of rotatable bonds is 5. The van der Waals surface area contributed by atoms with E-state index < -0.39 is 0 Å². The zero-order valence-corrected chi connectivity index (χ0v) is 15.9. The largest absolute Gasteiger partial charge is 0.364 e. The van der Waals surface area contributed by atoms with E-state index in [0.29, 0.717) is 0 Å². The van der Waals surface area contributed by atoms with Crippen LogP contribution in [-0.2, 0) is 13.1 Å². The topological polar surface area (TPSA) is 52.6 Å². The normalized spacial score (nSPS) is 14.2. The molecule has 6 heteroatoms. The number of nitrogens with zero attached hydrogens (tertiary/aromatic N) is 3. The van der Waals surface area contributed by atoms with E-state index in [-0.39, 0.29) is 0 Å². The van der Waals surface area contributed by atoms with Crippen LogP contribution in [0.2, 0.25) is 0 Å². The number of hydrogen-bond donors (Lipinski definition) is 2. The maximum absolute atomic E-state index is 4.46. The highest BCUT2D eigenvalue weighted by Gasteiger charge is 2.08. The van der Waals surface area contributed by atoms with Gasteiger partial charge in [-0.25, -0.2) is 4.98 Å². The Labute approximate surface area is 153 Å². The van der Waals surface area contributed by atoms with Gasteiger partial charge in [-0.2, -0.15) is 0 Å². The fraction of sp³-hybridized carbons (Fsp3) is 0.368. The highest BCUT2D eigenvalue weighted by molar-refractivity contribution is 7.11. The summed E-state index contributed by atoms with van der Waals surface area (Å²) in [5.74, 6) is 0.804. The van der Waals surface area contributed by atoms with Crippen LogP contribution in [0.4, 0.5) is 5.69 Å². The molecule has 1 aromatic carbocycles. The zero-order chi connectivity index (χ0) is 17.6. The second-order valence-electron chi connectivity index (χ2n) is 6.06. The van der Waals surface area contributed by atoms with E-state index >= 15 is 0 Å². The molecule has 0 fully saturated rings. The van der Waals surface area contributed by atoms with Crippen LogP contribution in [0.25, 0.3) is 0 Å². The molecule has 5 nitrogen and oxygen atoms in total. The summed E-state index contributed by atoms with van der Waals surface area (Å²) >= 11 is 1.73. The van der Waals surface area contributed by atoms with Gasteiger partial charge in [0.25, 0.3) is 0 Å². The van der Waals surface area contributed by atoms with Gasteiger partial charge in [0, 0.05) is 37.2 Å². The van der Waals surface area contributed by atoms with Gasteiger partial charge in [-0.1, -0.05) is 24.3 Å².